The summed E-state index contributed by atoms with van der Waals surface area (Å²) >= 11 is 1.42. The van der Waals surface area contributed by atoms with E-state index in [1.807, 2.05) is 38.3 Å². The van der Waals surface area contributed by atoms with E-state index in [-0.39, 0.29) is 50.0 Å². The van der Waals surface area contributed by atoms with Gasteiger partial charge in [-0.05, 0) is 74.6 Å². The molecule has 0 aliphatic carbocycles. The molecule has 2 heterocycles. The Morgan fingerprint density at radius 1 is 0.881 bits per heavy atom. The third-order valence-electron chi connectivity index (χ3n) is 9.51. The summed E-state index contributed by atoms with van der Waals surface area (Å²) in [6.07, 6.45) is 5.54. The number of aliphatic carboxylic acids is 1. The second-order valence-electron chi connectivity index (χ2n) is 14.7. The van der Waals surface area contributed by atoms with E-state index in [1.54, 1.807) is 12.3 Å². The largest absolute Gasteiger partial charge is 0.480 e. The number of aliphatic imine (C=N–C) groups is 1. The van der Waals surface area contributed by atoms with Crippen molar-refractivity contribution in [1.29, 1.82) is 0 Å². The number of hydrogen-bond donors (Lipinski definition) is 12. The number of rotatable bonds is 25. The molecule has 1 aliphatic rings. The molecule has 3 rings (SSSR count). The average molecular weight is 846 g/mol. The highest BCUT2D eigenvalue weighted by molar-refractivity contribution is 7.98. The van der Waals surface area contributed by atoms with E-state index in [1.165, 1.54) is 11.8 Å². The van der Waals surface area contributed by atoms with Gasteiger partial charge in [-0.15, -0.1) is 0 Å². The molecule has 1 aliphatic heterocycles. The number of para-hydroxylation sites is 1. The minimum absolute atomic E-state index is 0.0523. The molecule has 1 saturated heterocycles. The molecule has 59 heavy (non-hydrogen) atoms. The van der Waals surface area contributed by atoms with Crippen molar-refractivity contribution in [2.24, 2.45) is 22.4 Å². The van der Waals surface area contributed by atoms with Gasteiger partial charge >= 0.3 is 5.97 Å². The van der Waals surface area contributed by atoms with E-state index in [9.17, 15) is 43.8 Å². The number of fused-ring (bicyclic) bond motifs is 1. The predicted octanol–water partition coefficient (Wildman–Crippen LogP) is -2.07. The van der Waals surface area contributed by atoms with E-state index < -0.39 is 84.9 Å². The van der Waals surface area contributed by atoms with Crippen LogP contribution >= 0.6 is 11.8 Å². The second-order valence-corrected chi connectivity index (χ2v) is 15.7. The lowest BCUT2D eigenvalue weighted by molar-refractivity contribution is -0.142. The number of aliphatic hydroxyl groups is 1. The van der Waals surface area contributed by atoms with Gasteiger partial charge < -0.3 is 63.9 Å². The van der Waals surface area contributed by atoms with Crippen molar-refractivity contribution in [1.82, 2.24) is 42.2 Å². The molecule has 0 unspecified atom stereocenters. The summed E-state index contributed by atoms with van der Waals surface area (Å²) in [7, 11) is 0. The number of nitrogens with one attached hydrogen (secondary N) is 8. The van der Waals surface area contributed by atoms with Crippen LogP contribution < -0.4 is 48.7 Å². The standard InChI is InChI=1S/C38H59N11O9S/c1-21(2)16-28(47-33(53)25-10-6-13-41-25)32(52)44-19-31(51)45-26(12-15-59-3)34(54)48-29(17-22-18-43-24-9-5-4-8-23(22)24)35(55)49-30(20-50)36(56)46-27(37(57)58)11-7-14-42-38(39)40/h4-5,8-9,18,21,25-30,41,43,50H,6-7,10-17,19-20H2,1-3H3,(H,44,52)(H,45,51)(H,46,56)(H,47,53)(H,48,54)(H,49,55)(H,57,58)(H4,39,40,42)/t25-,26-,27-,28-,29-,30-/m0/s1. The van der Waals surface area contributed by atoms with Gasteiger partial charge in [-0.2, -0.15) is 11.8 Å². The van der Waals surface area contributed by atoms with Crippen molar-refractivity contribution >= 4 is 70.0 Å². The summed E-state index contributed by atoms with van der Waals surface area (Å²) < 4.78 is 0. The molecule has 6 amide bonds. The zero-order valence-corrected chi connectivity index (χ0v) is 34.5. The minimum atomic E-state index is -1.60. The number of carbonyl (C=O) groups excluding carboxylic acids is 6. The van der Waals surface area contributed by atoms with Crippen LogP contribution in [0.15, 0.2) is 35.5 Å². The quantitative estimate of drug-likeness (QED) is 0.0291. The highest BCUT2D eigenvalue weighted by Crippen LogP contribution is 2.19. The van der Waals surface area contributed by atoms with Crippen LogP contribution in [0.4, 0.5) is 0 Å². The number of H-pyrrole nitrogens is 1. The normalized spacial score (nSPS) is 16.2. The highest BCUT2D eigenvalue weighted by atomic mass is 32.2. The zero-order valence-electron chi connectivity index (χ0n) is 33.7. The molecular weight excluding hydrogens is 787 g/mol. The zero-order chi connectivity index (χ0) is 43.5. The molecule has 2 aromatic rings. The Bertz CT molecular complexity index is 1780. The van der Waals surface area contributed by atoms with Crippen molar-refractivity contribution in [2.75, 3.05) is 38.2 Å². The number of nitrogens with zero attached hydrogens (tertiary/aromatic N) is 1. The number of aromatic nitrogens is 1. The number of amides is 6. The lowest BCUT2D eigenvalue weighted by atomic mass is 10.0. The van der Waals surface area contributed by atoms with Gasteiger partial charge in [0.1, 0.15) is 30.2 Å². The van der Waals surface area contributed by atoms with Gasteiger partial charge in [-0.1, -0.05) is 32.0 Å². The number of carboxylic acids is 1. The number of carbonyl (C=O) groups is 7. The van der Waals surface area contributed by atoms with Crippen LogP contribution in [-0.4, -0.2) is 137 Å². The lowest BCUT2D eigenvalue weighted by Crippen LogP contribution is -2.59. The fraction of sp³-hybridized carbons (Fsp3) is 0.579. The second kappa shape index (κ2) is 24.5. The predicted molar refractivity (Wildman–Crippen MR) is 223 cm³/mol. The molecule has 20 nitrogen and oxygen atoms in total. The smallest absolute Gasteiger partial charge is 0.326 e. The SMILES string of the molecule is CSCC[C@H](NC(=O)CNC(=O)[C@H](CC(C)C)NC(=O)[C@@H]1CCCN1)C(=O)N[C@@H](Cc1c[nH]c2ccccc12)C(=O)N[C@@H](CO)C(=O)N[C@@H](CCCN=C(N)N)C(=O)O. The van der Waals surface area contributed by atoms with Crippen LogP contribution in [-0.2, 0) is 40.0 Å². The number of aliphatic hydroxyl groups excluding tert-OH is 1. The molecule has 0 bridgehead atoms. The molecule has 1 aromatic heterocycles. The summed E-state index contributed by atoms with van der Waals surface area (Å²) in [6.45, 7) is 3.24. The Morgan fingerprint density at radius 2 is 1.56 bits per heavy atom. The van der Waals surface area contributed by atoms with Crippen molar-refractivity contribution in [3.63, 3.8) is 0 Å². The van der Waals surface area contributed by atoms with Crippen LogP contribution in [0.1, 0.15) is 57.9 Å². The summed E-state index contributed by atoms with van der Waals surface area (Å²) in [5.41, 5.74) is 12.0. The maximum atomic E-state index is 13.9. The molecule has 1 aromatic carbocycles. The highest BCUT2D eigenvalue weighted by Gasteiger charge is 2.32. The fourth-order valence-electron chi connectivity index (χ4n) is 6.43. The lowest BCUT2D eigenvalue weighted by Gasteiger charge is -2.26. The van der Waals surface area contributed by atoms with Crippen LogP contribution in [0.3, 0.4) is 0 Å². The van der Waals surface area contributed by atoms with Gasteiger partial charge in [-0.25, -0.2) is 4.79 Å². The number of hydrogen-bond acceptors (Lipinski definition) is 11. The summed E-state index contributed by atoms with van der Waals surface area (Å²) in [5.74, 6) is -5.15. The van der Waals surface area contributed by atoms with Crippen LogP contribution in [0.25, 0.3) is 10.9 Å². The minimum Gasteiger partial charge on any atom is -0.480 e. The van der Waals surface area contributed by atoms with E-state index in [0.29, 0.717) is 30.7 Å². The van der Waals surface area contributed by atoms with Crippen molar-refractivity contribution in [3.8, 4) is 0 Å². The van der Waals surface area contributed by atoms with Crippen LogP contribution in [0.5, 0.6) is 0 Å². The van der Waals surface area contributed by atoms with Gasteiger partial charge in [0, 0.05) is 30.1 Å². The van der Waals surface area contributed by atoms with Gasteiger partial charge in [0.05, 0.1) is 19.2 Å². The molecule has 326 valence electrons. The van der Waals surface area contributed by atoms with Gasteiger partial charge in [-0.3, -0.25) is 33.8 Å². The van der Waals surface area contributed by atoms with Crippen molar-refractivity contribution < 1.29 is 43.8 Å². The number of carboxylic acid groups (broad SMARTS) is 1. The number of thioether (sulfide) groups is 1. The Balaban J connectivity index is 1.75. The Morgan fingerprint density at radius 3 is 2.20 bits per heavy atom. The molecule has 21 heteroatoms. The molecule has 6 atom stereocenters. The molecule has 0 spiro atoms. The monoisotopic (exact) mass is 845 g/mol. The average Bonchev–Trinajstić information content (AvgIpc) is 3.89. The number of nitrogens with two attached hydrogens (primary N) is 2. The Hall–Kier alpha value is -5.41. The van der Waals surface area contributed by atoms with E-state index in [2.05, 4.69) is 47.2 Å². The Kier molecular flexibility index (Phi) is 19.9. The van der Waals surface area contributed by atoms with E-state index in [0.717, 1.165) is 17.3 Å². The third-order valence-corrected chi connectivity index (χ3v) is 10.2. The first kappa shape index (κ1) is 48.0. The van der Waals surface area contributed by atoms with Gasteiger partial charge in [0.25, 0.3) is 0 Å². The van der Waals surface area contributed by atoms with Crippen LogP contribution in [0.2, 0.25) is 0 Å². The maximum absolute atomic E-state index is 13.9. The van der Waals surface area contributed by atoms with Crippen LogP contribution in [0, 0.1) is 5.92 Å². The van der Waals surface area contributed by atoms with E-state index in [4.69, 9.17) is 11.5 Å². The van der Waals surface area contributed by atoms with E-state index >= 15 is 0 Å². The third kappa shape index (κ3) is 16.0. The molecule has 0 saturated carbocycles. The Labute approximate surface area is 347 Å². The van der Waals surface area contributed by atoms with Crippen molar-refractivity contribution in [3.05, 3.63) is 36.0 Å². The number of aromatic amines is 1. The van der Waals surface area contributed by atoms with Gasteiger partial charge in [0.2, 0.25) is 35.4 Å². The first-order valence-corrected chi connectivity index (χ1v) is 21.0. The summed E-state index contributed by atoms with van der Waals surface area (Å²) in [4.78, 5) is 98.9. The van der Waals surface area contributed by atoms with Crippen molar-refractivity contribution in [2.45, 2.75) is 95.0 Å². The maximum Gasteiger partial charge on any atom is 0.326 e. The molecular formula is C38H59N11O9S. The number of guanidine groups is 1. The molecule has 1 fully saturated rings. The molecule has 14 N–H and O–H groups in total. The summed E-state index contributed by atoms with van der Waals surface area (Å²) in [6, 6.07) is 0.503. The molecule has 0 radical (unpaired) electrons. The first-order valence-electron chi connectivity index (χ1n) is 19.6. The topological polar surface area (TPSA) is 324 Å². The number of benzene rings is 1. The summed E-state index contributed by atoms with van der Waals surface area (Å²) in [5, 5.41) is 39.1. The first-order chi connectivity index (χ1) is 28.1. The fourth-order valence-corrected chi connectivity index (χ4v) is 6.90. The van der Waals surface area contributed by atoms with Gasteiger partial charge in [0.15, 0.2) is 5.96 Å².